The lowest BCUT2D eigenvalue weighted by molar-refractivity contribution is -0.400. The van der Waals surface area contributed by atoms with Crippen LogP contribution < -0.4 is 21.3 Å². The molecule has 0 aromatic heterocycles. The van der Waals surface area contributed by atoms with Crippen molar-refractivity contribution in [2.24, 2.45) is 0 Å². The highest BCUT2D eigenvalue weighted by Gasteiger charge is 2.63. The van der Waals surface area contributed by atoms with Crippen LogP contribution in [0.1, 0.15) is 27.7 Å². The van der Waals surface area contributed by atoms with Gasteiger partial charge in [-0.05, 0) is 0 Å². The molecule has 4 amide bonds. The third-order valence-corrected chi connectivity index (χ3v) is 24.6. The van der Waals surface area contributed by atoms with E-state index in [1.807, 2.05) is 0 Å². The zero-order chi connectivity index (χ0) is 98.5. The van der Waals surface area contributed by atoms with Gasteiger partial charge in [-0.15, -0.1) is 0 Å². The van der Waals surface area contributed by atoms with Crippen LogP contribution in [-0.4, -0.2) is 592 Å². The molecule has 11 rings (SSSR count). The summed E-state index contributed by atoms with van der Waals surface area (Å²) in [6, 6.07) is -7.79. The fourth-order valence-corrected chi connectivity index (χ4v) is 17.4. The van der Waals surface area contributed by atoms with E-state index in [0.717, 1.165) is 27.7 Å². The van der Waals surface area contributed by atoms with Crippen molar-refractivity contribution in [3.8, 4) is 0 Å². The van der Waals surface area contributed by atoms with E-state index in [2.05, 4.69) is 21.3 Å². The van der Waals surface area contributed by atoms with Gasteiger partial charge in [0.2, 0.25) is 23.6 Å². The Morgan fingerprint density at radius 3 is 0.716 bits per heavy atom. The van der Waals surface area contributed by atoms with Crippen LogP contribution in [0.4, 0.5) is 0 Å². The molecule has 776 valence electrons. The van der Waals surface area contributed by atoms with Gasteiger partial charge in [-0.3, -0.25) is 19.2 Å². The lowest BCUT2D eigenvalue weighted by Crippen LogP contribution is -2.71. The summed E-state index contributed by atoms with van der Waals surface area (Å²) in [5, 5.41) is 356. The lowest BCUT2D eigenvalue weighted by atomic mass is 9.93. The van der Waals surface area contributed by atoms with Crippen molar-refractivity contribution in [2.75, 3.05) is 72.7 Å². The first-order valence-corrected chi connectivity index (χ1v) is 42.7. The average Bonchev–Trinajstić information content (AvgIpc) is 0.779. The molecule has 11 aliphatic heterocycles. The zero-order valence-electron chi connectivity index (χ0n) is 71.6. The summed E-state index contributed by atoms with van der Waals surface area (Å²) in [7, 11) is 0. The molecule has 55 atom stereocenters. The van der Waals surface area contributed by atoms with Gasteiger partial charge in [-0.25, -0.2) is 0 Å². The third-order valence-electron chi connectivity index (χ3n) is 24.6. The molecule has 0 aromatic rings. The molecule has 0 bridgehead atoms. The SMILES string of the molecule is CC(=O)N[C@@H]1[C@@H](O)[C@H](O[C@@H]2O[C@H](CO)[C@@H](O[C@@H]3O[C@H](CO[C@H]4O[C@H](CO)[C@@H](O)[C@H](O)[C@@H]4O[C@@H]4O[C@H](CO)[C@@H](O[C@@H]5O[C@H](CO)[C@H](O)[C@H](O[C@@H]6O[C@H](CO)[C@H](O)[C@H](O)[C@H]6O)[C@H]5O)[C@H](O)[C@H]4NC(C)=O)[C@@H](O)[C@H](O[C@H]4O[C@H](CO)[C@@H](O)[C@H](O)[C@@H]4O[C@@H]4O[C@H](CO)[C@@H](O[C@@H]5O[C@H](CO)[C@H](O)[C@H](O[C@@H]6O[C@H](CO)[C@H](O)[C@H](O)[C@H]6O)[C@H]5O)[C@H](O)[C@H]4NC(C)=O)[C@@H]3O)[C@H](O)[C@H]2NC(C)=O)[C@@H](CO)O[C@H]1O. The van der Waals surface area contributed by atoms with Crippen molar-refractivity contribution in [2.45, 2.75) is 365 Å². The summed E-state index contributed by atoms with van der Waals surface area (Å²) in [6.07, 6.45) is -109. The molecule has 11 heterocycles. The summed E-state index contributed by atoms with van der Waals surface area (Å²) >= 11 is 0. The number of carbonyl (C=O) groups excluding carboxylic acids is 4. The standard InChI is InChI=1S/C74H124N4O56/c1-16(89)75-31-42(100)55(26(11-85)115-64(31)113)126-65-32(76-17(2)90)43(101)58(27(12-86)122-65)129-72-54(112)61(132-74-63(49(107)38(96)23(8-82)121-74)134-67-34(78-19(4)92)45(103)57(29(14-88)124-67)128-71-53(111)60(40(98)25(10-84)119-71)131-69-51(109)47(105)36(94)21(6-80)117-69)41(99)30(125-72)15-114-73-62(48(106)37(95)22(7-81)120-73)133-66-33(77-18(3)91)44(102)56(28(13-87)123-66)127-70-52(110)59(39(97)24(9-83)118-70)130-68-50(108)46(104)35(93)20(5-79)116-68/h20-74,79-88,93-113H,5-15H2,1-4H3,(H,75,89)(H,76,90)(H,77,91)(H,78,92)/t20-,21-,22-,23-,24-,25-,26-,27-,28-,29-,30-,31-,32-,33-,34-,35+,36+,37-,38-,39+,40+,41-,42-,43-,44-,45-,46+,47+,48+,49+,50-,51-,52-,53-,54+,55-,56-,57-,58-,59+,60+,61+,62+,63+,64-,65+,66+,67+,68+,69+,70+,71+,72+,73+,74-/m1/s1. The Labute approximate surface area is 757 Å². The number of hydrogen-bond donors (Lipinski definition) is 35. The fourth-order valence-electron chi connectivity index (χ4n) is 17.4. The van der Waals surface area contributed by atoms with Crippen LogP contribution in [0.5, 0.6) is 0 Å². The normalized spacial score (nSPS) is 49.8. The van der Waals surface area contributed by atoms with Crippen molar-refractivity contribution < 1.29 is 277 Å². The molecule has 11 fully saturated rings. The summed E-state index contributed by atoms with van der Waals surface area (Å²) < 4.78 is 124. The minimum atomic E-state index is -2.66. The number of ether oxygens (including phenoxy) is 21. The average molecular weight is 1970 g/mol. The number of hydrogen-bond acceptors (Lipinski definition) is 56. The van der Waals surface area contributed by atoms with Gasteiger partial charge in [0.05, 0.1) is 72.7 Å². The van der Waals surface area contributed by atoms with Crippen LogP contribution >= 0.6 is 0 Å². The number of aliphatic hydroxyl groups is 31. The molecule has 60 nitrogen and oxygen atoms in total. The largest absolute Gasteiger partial charge is 0.394 e. The number of rotatable bonds is 35. The Morgan fingerprint density at radius 2 is 0.403 bits per heavy atom. The first kappa shape index (κ1) is 110. The van der Waals surface area contributed by atoms with E-state index in [9.17, 15) is 177 Å². The molecule has 35 N–H and O–H groups in total. The molecule has 60 heteroatoms. The van der Waals surface area contributed by atoms with E-state index < -0.39 is 434 Å². The van der Waals surface area contributed by atoms with Crippen molar-refractivity contribution in [3.05, 3.63) is 0 Å². The van der Waals surface area contributed by atoms with Crippen molar-refractivity contribution >= 4 is 23.6 Å². The Morgan fingerprint density at radius 1 is 0.194 bits per heavy atom. The predicted octanol–water partition coefficient (Wildman–Crippen LogP) is -24.4. The van der Waals surface area contributed by atoms with Crippen LogP contribution in [0, 0.1) is 0 Å². The Hall–Kier alpha value is -4.20. The molecule has 0 aliphatic carbocycles. The summed E-state index contributed by atoms with van der Waals surface area (Å²) in [4.78, 5) is 51.7. The monoisotopic (exact) mass is 1960 g/mol. The maximum absolute atomic E-state index is 13.2. The summed E-state index contributed by atoms with van der Waals surface area (Å²) in [5.41, 5.74) is 0. The second kappa shape index (κ2) is 48.3. The molecular formula is C74H124N4O56. The van der Waals surface area contributed by atoms with Crippen LogP contribution in [0.2, 0.25) is 0 Å². The molecule has 0 unspecified atom stereocenters. The second-order valence-electron chi connectivity index (χ2n) is 33.8. The molecule has 11 aliphatic rings. The molecular weight excluding hydrogens is 1840 g/mol. The van der Waals surface area contributed by atoms with E-state index >= 15 is 0 Å². The minimum absolute atomic E-state index is 0.816. The fraction of sp³-hybridized carbons (Fsp3) is 0.946. The van der Waals surface area contributed by atoms with Gasteiger partial charge in [-0.1, -0.05) is 0 Å². The molecule has 11 saturated heterocycles. The second-order valence-corrected chi connectivity index (χ2v) is 33.8. The van der Waals surface area contributed by atoms with Gasteiger partial charge in [0, 0.05) is 27.7 Å². The van der Waals surface area contributed by atoms with Crippen LogP contribution in [0.15, 0.2) is 0 Å². The maximum Gasteiger partial charge on any atom is 0.217 e. The first-order chi connectivity index (χ1) is 63.5. The molecule has 0 spiro atoms. The Kier molecular flexibility index (Phi) is 39.7. The van der Waals surface area contributed by atoms with Crippen molar-refractivity contribution in [1.29, 1.82) is 0 Å². The van der Waals surface area contributed by atoms with Gasteiger partial charge in [0.25, 0.3) is 0 Å². The highest BCUT2D eigenvalue weighted by atomic mass is 16.8. The summed E-state index contributed by atoms with van der Waals surface area (Å²) in [5.74, 6) is -3.84. The van der Waals surface area contributed by atoms with E-state index in [0.29, 0.717) is 0 Å². The molecule has 0 saturated carbocycles. The van der Waals surface area contributed by atoms with Crippen LogP contribution in [0.25, 0.3) is 0 Å². The van der Waals surface area contributed by atoms with Gasteiger partial charge in [0.1, 0.15) is 268 Å². The van der Waals surface area contributed by atoms with Crippen molar-refractivity contribution in [1.82, 2.24) is 21.3 Å². The summed E-state index contributed by atoms with van der Waals surface area (Å²) in [6.45, 7) is -8.91. The number of carbonyl (C=O) groups is 4. The Bertz CT molecular complexity index is 3650. The number of nitrogens with one attached hydrogen (secondary N) is 4. The highest BCUT2D eigenvalue weighted by Crippen LogP contribution is 2.42. The van der Waals surface area contributed by atoms with E-state index in [1.165, 1.54) is 0 Å². The zero-order valence-corrected chi connectivity index (χ0v) is 71.6. The van der Waals surface area contributed by atoms with E-state index in [4.69, 9.17) is 99.5 Å². The first-order valence-electron chi connectivity index (χ1n) is 42.7. The highest BCUT2D eigenvalue weighted by molar-refractivity contribution is 5.74. The maximum atomic E-state index is 13.2. The molecule has 0 radical (unpaired) electrons. The number of aliphatic hydroxyl groups excluding tert-OH is 31. The van der Waals surface area contributed by atoms with Gasteiger partial charge < -0.3 is 279 Å². The van der Waals surface area contributed by atoms with E-state index in [1.54, 1.807) is 0 Å². The Balaban J connectivity index is 0.899. The van der Waals surface area contributed by atoms with Crippen molar-refractivity contribution in [3.63, 3.8) is 0 Å². The van der Waals surface area contributed by atoms with Gasteiger partial charge in [-0.2, -0.15) is 0 Å². The lowest BCUT2D eigenvalue weighted by Gasteiger charge is -2.51. The third kappa shape index (κ3) is 24.0. The van der Waals surface area contributed by atoms with Gasteiger partial charge in [0.15, 0.2) is 69.2 Å². The van der Waals surface area contributed by atoms with Crippen LogP contribution in [-0.2, 0) is 119 Å². The number of amides is 4. The van der Waals surface area contributed by atoms with Crippen LogP contribution in [0.3, 0.4) is 0 Å². The smallest absolute Gasteiger partial charge is 0.217 e. The minimum Gasteiger partial charge on any atom is -0.394 e. The molecule has 134 heavy (non-hydrogen) atoms. The topological polar surface area (TPSA) is 937 Å². The van der Waals surface area contributed by atoms with Gasteiger partial charge >= 0.3 is 0 Å². The quantitative estimate of drug-likeness (QED) is 0.0280. The molecule has 0 aromatic carbocycles. The predicted molar refractivity (Wildman–Crippen MR) is 409 cm³/mol. The van der Waals surface area contributed by atoms with E-state index in [-0.39, 0.29) is 0 Å².